The third-order valence-corrected chi connectivity index (χ3v) is 4.12. The number of carboxylic acids is 2. The number of aromatic carboxylic acids is 2. The highest BCUT2D eigenvalue weighted by atomic mass is 35.5. The van der Waals surface area contributed by atoms with Crippen molar-refractivity contribution < 1.29 is 38.4 Å². The highest BCUT2D eigenvalue weighted by Crippen LogP contribution is 2.26. The van der Waals surface area contributed by atoms with Crippen molar-refractivity contribution in [1.82, 2.24) is 4.98 Å². The van der Waals surface area contributed by atoms with Crippen LogP contribution in [0.25, 0.3) is 11.0 Å². The van der Waals surface area contributed by atoms with E-state index in [1.54, 1.807) is 12.1 Å². The minimum atomic E-state index is -1.37. The van der Waals surface area contributed by atoms with Gasteiger partial charge in [-0.1, -0.05) is 11.6 Å². The number of carbonyl (C=O) groups is 2. The monoisotopic (exact) mass is 449 g/mol. The first-order valence-electron chi connectivity index (χ1n) is 8.89. The molecule has 0 bridgehead atoms. The van der Waals surface area contributed by atoms with Gasteiger partial charge in [0.25, 0.3) is 0 Å². The molecule has 0 atom stereocenters. The van der Waals surface area contributed by atoms with E-state index in [-0.39, 0.29) is 32.2 Å². The van der Waals surface area contributed by atoms with Crippen LogP contribution in [0.15, 0.2) is 45.6 Å². The van der Waals surface area contributed by atoms with Gasteiger partial charge in [0.1, 0.15) is 30.3 Å². The second-order valence-corrected chi connectivity index (χ2v) is 6.50. The molecule has 2 N–H and O–H groups in total. The highest BCUT2D eigenvalue weighted by Gasteiger charge is 2.14. The van der Waals surface area contributed by atoms with Crippen molar-refractivity contribution in [2.45, 2.75) is 0 Å². The summed E-state index contributed by atoms with van der Waals surface area (Å²) in [5, 5.41) is 19.0. The quantitative estimate of drug-likeness (QED) is 0.350. The molecule has 0 saturated carbocycles. The van der Waals surface area contributed by atoms with Crippen LogP contribution in [-0.4, -0.2) is 53.6 Å². The van der Waals surface area contributed by atoms with E-state index in [1.807, 2.05) is 0 Å². The number of aromatic nitrogens is 1. The van der Waals surface area contributed by atoms with E-state index in [0.717, 1.165) is 12.1 Å². The molecule has 10 nitrogen and oxygen atoms in total. The fourth-order valence-corrected chi connectivity index (χ4v) is 2.73. The molecule has 3 rings (SSSR count). The van der Waals surface area contributed by atoms with Crippen molar-refractivity contribution in [1.29, 1.82) is 0 Å². The molecule has 162 valence electrons. The van der Waals surface area contributed by atoms with E-state index in [1.165, 1.54) is 12.1 Å². The zero-order valence-corrected chi connectivity index (χ0v) is 16.6. The predicted molar refractivity (Wildman–Crippen MR) is 107 cm³/mol. The molecule has 0 spiro atoms. The van der Waals surface area contributed by atoms with Crippen LogP contribution in [-0.2, 0) is 4.74 Å². The zero-order chi connectivity index (χ0) is 22.4. The maximum absolute atomic E-state index is 11.6. The van der Waals surface area contributed by atoms with Gasteiger partial charge < -0.3 is 28.8 Å². The SMILES string of the molecule is O=C(O)c1cc(OCCOCCOc2cc(=O)oc3cc(Cl)ccc23)cc(C(=O)O)n1. The summed E-state index contributed by atoms with van der Waals surface area (Å²) in [6, 6.07) is 8.31. The van der Waals surface area contributed by atoms with E-state index >= 15 is 0 Å². The number of ether oxygens (including phenoxy) is 3. The lowest BCUT2D eigenvalue weighted by Gasteiger charge is -2.10. The number of fused-ring (bicyclic) bond motifs is 1. The summed E-state index contributed by atoms with van der Waals surface area (Å²) in [6.07, 6.45) is 0. The Bertz CT molecular complexity index is 1140. The normalized spacial score (nSPS) is 10.7. The molecule has 2 aromatic heterocycles. The maximum atomic E-state index is 11.6. The van der Waals surface area contributed by atoms with Crippen molar-refractivity contribution in [2.24, 2.45) is 0 Å². The van der Waals surface area contributed by atoms with Crippen molar-refractivity contribution in [3.8, 4) is 11.5 Å². The number of benzene rings is 1. The van der Waals surface area contributed by atoms with Crippen molar-refractivity contribution in [3.05, 3.63) is 63.2 Å². The van der Waals surface area contributed by atoms with E-state index in [4.69, 9.17) is 40.4 Å². The van der Waals surface area contributed by atoms with Gasteiger partial charge in [-0.05, 0) is 12.1 Å². The summed E-state index contributed by atoms with van der Waals surface area (Å²) in [7, 11) is 0. The van der Waals surface area contributed by atoms with Crippen molar-refractivity contribution >= 4 is 34.5 Å². The third kappa shape index (κ3) is 5.93. The number of hydrogen-bond acceptors (Lipinski definition) is 8. The van der Waals surface area contributed by atoms with Gasteiger partial charge in [0.15, 0.2) is 11.4 Å². The highest BCUT2D eigenvalue weighted by molar-refractivity contribution is 6.31. The Balaban J connectivity index is 1.48. The van der Waals surface area contributed by atoms with E-state index in [0.29, 0.717) is 21.7 Å². The van der Waals surface area contributed by atoms with Crippen LogP contribution in [0.4, 0.5) is 0 Å². The van der Waals surface area contributed by atoms with Crippen LogP contribution >= 0.6 is 11.6 Å². The number of carboxylic acid groups (broad SMARTS) is 2. The fraction of sp³-hybridized carbons (Fsp3) is 0.200. The van der Waals surface area contributed by atoms with Gasteiger partial charge in [-0.3, -0.25) is 0 Å². The standard InChI is InChI=1S/C20H16ClNO9/c21-11-1-2-13-16(10-18(23)31-17(13)7-11)30-6-4-28-3-5-29-12-8-14(19(24)25)22-15(9-12)20(26)27/h1-2,7-10H,3-6H2,(H,24,25)(H,26,27). The van der Waals surface area contributed by atoms with Crippen molar-refractivity contribution in [2.75, 3.05) is 26.4 Å². The molecule has 2 heterocycles. The second kappa shape index (κ2) is 9.92. The molecule has 0 saturated heterocycles. The molecule has 0 aliphatic carbocycles. The summed E-state index contributed by atoms with van der Waals surface area (Å²) >= 11 is 5.89. The molecular formula is C20H16ClNO9. The summed E-state index contributed by atoms with van der Waals surface area (Å²) < 4.78 is 21.4. The summed E-state index contributed by atoms with van der Waals surface area (Å²) in [6.45, 7) is 0.487. The molecule has 0 radical (unpaired) electrons. The van der Waals surface area contributed by atoms with Gasteiger partial charge in [0, 0.05) is 23.2 Å². The topological polar surface area (TPSA) is 145 Å². The second-order valence-electron chi connectivity index (χ2n) is 6.06. The number of nitrogens with zero attached hydrogens (tertiary/aromatic N) is 1. The van der Waals surface area contributed by atoms with Crippen LogP contribution < -0.4 is 15.1 Å². The van der Waals surface area contributed by atoms with Crippen molar-refractivity contribution in [3.63, 3.8) is 0 Å². The molecule has 0 aliphatic heterocycles. The molecule has 1 aromatic carbocycles. The van der Waals surface area contributed by atoms with Gasteiger partial charge in [-0.15, -0.1) is 0 Å². The molecule has 0 amide bonds. The largest absolute Gasteiger partial charge is 0.491 e. The molecule has 11 heteroatoms. The first-order chi connectivity index (χ1) is 14.8. The van der Waals surface area contributed by atoms with Crippen LogP contribution in [0.2, 0.25) is 5.02 Å². The lowest BCUT2D eigenvalue weighted by Crippen LogP contribution is -2.14. The Labute approximate surface area is 179 Å². The smallest absolute Gasteiger partial charge is 0.354 e. The molecule has 0 fully saturated rings. The van der Waals surface area contributed by atoms with Crippen LogP contribution in [0.5, 0.6) is 11.5 Å². The molecular weight excluding hydrogens is 434 g/mol. The zero-order valence-electron chi connectivity index (χ0n) is 15.9. The van der Waals surface area contributed by atoms with Gasteiger partial charge in [-0.25, -0.2) is 19.4 Å². The number of hydrogen-bond donors (Lipinski definition) is 2. The molecule has 0 unspecified atom stereocenters. The number of rotatable bonds is 10. The fourth-order valence-electron chi connectivity index (χ4n) is 2.57. The Morgan fingerprint density at radius 3 is 2.23 bits per heavy atom. The summed E-state index contributed by atoms with van der Waals surface area (Å²) in [5.74, 6) is -2.36. The molecule has 3 aromatic rings. The van der Waals surface area contributed by atoms with Gasteiger partial charge >= 0.3 is 17.6 Å². The van der Waals surface area contributed by atoms with Crippen LogP contribution in [0.1, 0.15) is 21.0 Å². The van der Waals surface area contributed by atoms with Gasteiger partial charge in [-0.2, -0.15) is 0 Å². The number of halogens is 1. The third-order valence-electron chi connectivity index (χ3n) is 3.89. The Morgan fingerprint density at radius 2 is 1.58 bits per heavy atom. The minimum absolute atomic E-state index is 0.0402. The maximum Gasteiger partial charge on any atom is 0.354 e. The first kappa shape index (κ1) is 22.1. The predicted octanol–water partition coefficient (Wildman–Crippen LogP) is 2.71. The van der Waals surface area contributed by atoms with E-state index < -0.39 is 29.0 Å². The van der Waals surface area contributed by atoms with E-state index in [2.05, 4.69) is 4.98 Å². The van der Waals surface area contributed by atoms with E-state index in [9.17, 15) is 14.4 Å². The lowest BCUT2D eigenvalue weighted by molar-refractivity contribution is 0.0679. The first-order valence-corrected chi connectivity index (χ1v) is 9.27. The van der Waals surface area contributed by atoms with Gasteiger partial charge in [0.2, 0.25) is 0 Å². The lowest BCUT2D eigenvalue weighted by atomic mass is 10.2. The molecule has 0 aliphatic rings. The Kier molecular flexibility index (Phi) is 7.06. The number of pyridine rings is 1. The summed E-state index contributed by atoms with van der Waals surface area (Å²) in [4.78, 5) is 37.2. The minimum Gasteiger partial charge on any atom is -0.491 e. The Morgan fingerprint density at radius 1 is 0.935 bits per heavy atom. The average molecular weight is 450 g/mol. The average Bonchev–Trinajstić information content (AvgIpc) is 2.72. The summed E-state index contributed by atoms with van der Waals surface area (Å²) in [5.41, 5.74) is -1.14. The van der Waals surface area contributed by atoms with Crippen LogP contribution in [0, 0.1) is 0 Å². The molecule has 31 heavy (non-hydrogen) atoms. The van der Waals surface area contributed by atoms with Crippen LogP contribution in [0.3, 0.4) is 0 Å². The van der Waals surface area contributed by atoms with Gasteiger partial charge in [0.05, 0.1) is 24.7 Å². The Hall–Kier alpha value is -3.63.